The smallest absolute Gasteiger partial charge is 0.120 e. The zero-order chi connectivity index (χ0) is 14.2. The Bertz CT molecular complexity index is 469. The highest BCUT2D eigenvalue weighted by Crippen LogP contribution is 2.40. The van der Waals surface area contributed by atoms with E-state index in [-0.39, 0.29) is 5.60 Å². The summed E-state index contributed by atoms with van der Waals surface area (Å²) in [5.74, 6) is 0.982. The summed E-state index contributed by atoms with van der Waals surface area (Å²) in [5.41, 5.74) is 2.27. The molecule has 0 amide bonds. The van der Waals surface area contributed by atoms with E-state index in [9.17, 15) is 0 Å². The van der Waals surface area contributed by atoms with Crippen LogP contribution in [0.5, 0.6) is 5.75 Å². The van der Waals surface area contributed by atoms with Crippen LogP contribution in [0.2, 0.25) is 5.02 Å². The van der Waals surface area contributed by atoms with Crippen molar-refractivity contribution >= 4 is 11.6 Å². The molecule has 3 heteroatoms. The molecule has 0 radical (unpaired) electrons. The lowest BCUT2D eigenvalue weighted by Crippen LogP contribution is -2.45. The van der Waals surface area contributed by atoms with E-state index in [0.717, 1.165) is 40.9 Å². The highest BCUT2D eigenvalue weighted by molar-refractivity contribution is 6.32. The van der Waals surface area contributed by atoms with Crippen LogP contribution in [-0.4, -0.2) is 18.2 Å². The quantitative estimate of drug-likeness (QED) is 0.839. The van der Waals surface area contributed by atoms with E-state index < -0.39 is 0 Å². The van der Waals surface area contributed by atoms with Gasteiger partial charge in [-0.25, -0.2) is 0 Å². The maximum absolute atomic E-state index is 6.36. The van der Waals surface area contributed by atoms with Crippen LogP contribution in [0.15, 0.2) is 12.1 Å². The van der Waals surface area contributed by atoms with Crippen LogP contribution < -0.4 is 10.1 Å². The zero-order valence-electron chi connectivity index (χ0n) is 12.5. The molecule has 0 saturated heterocycles. The Labute approximate surface area is 126 Å². The molecular weight excluding hydrogens is 270 g/mol. The Morgan fingerprint density at radius 3 is 2.40 bits per heavy atom. The third-order valence-corrected chi connectivity index (χ3v) is 5.20. The van der Waals surface area contributed by atoms with E-state index in [1.54, 1.807) is 0 Å². The van der Waals surface area contributed by atoms with E-state index >= 15 is 0 Å². The molecule has 1 aromatic carbocycles. The average molecular weight is 294 g/mol. The normalized spacial score (nSPS) is 20.6. The lowest BCUT2D eigenvalue weighted by atomic mass is 9.77. The lowest BCUT2D eigenvalue weighted by molar-refractivity contribution is -0.0143. The standard InChI is InChI=1S/C17H24ClNO/c1-12-10-15(11-13(2)16(12)18)20-17(6-3-7-17)8-9-19-14-4-5-14/h10-11,14,19H,3-9H2,1-2H3. The fourth-order valence-corrected chi connectivity index (χ4v) is 3.09. The molecule has 0 unspecified atom stereocenters. The van der Waals surface area contributed by atoms with Crippen LogP contribution in [-0.2, 0) is 0 Å². The zero-order valence-corrected chi connectivity index (χ0v) is 13.2. The number of nitrogens with one attached hydrogen (secondary N) is 1. The molecule has 1 N–H and O–H groups in total. The van der Waals surface area contributed by atoms with Crippen molar-refractivity contribution in [2.24, 2.45) is 0 Å². The van der Waals surface area contributed by atoms with Gasteiger partial charge in [0.05, 0.1) is 0 Å². The van der Waals surface area contributed by atoms with Crippen molar-refractivity contribution in [1.82, 2.24) is 5.32 Å². The van der Waals surface area contributed by atoms with Crippen molar-refractivity contribution in [1.29, 1.82) is 0 Å². The fourth-order valence-electron chi connectivity index (χ4n) is 2.98. The Kier molecular flexibility index (Phi) is 3.96. The van der Waals surface area contributed by atoms with Crippen LogP contribution in [0.3, 0.4) is 0 Å². The number of benzene rings is 1. The molecule has 0 spiro atoms. The minimum absolute atomic E-state index is 0.0641. The summed E-state index contributed by atoms with van der Waals surface area (Å²) in [6.07, 6.45) is 7.46. The van der Waals surface area contributed by atoms with Gasteiger partial charge in [0.2, 0.25) is 0 Å². The SMILES string of the molecule is Cc1cc(OC2(CCNC3CC3)CCC2)cc(C)c1Cl. The first-order valence-electron chi connectivity index (χ1n) is 7.77. The van der Waals surface area contributed by atoms with Gasteiger partial charge in [0.15, 0.2) is 0 Å². The van der Waals surface area contributed by atoms with Gasteiger partial charge in [0.25, 0.3) is 0 Å². The molecule has 0 heterocycles. The Hall–Kier alpha value is -0.730. The molecule has 2 fully saturated rings. The molecule has 3 rings (SSSR count). The molecule has 2 nitrogen and oxygen atoms in total. The second-order valence-electron chi connectivity index (χ2n) is 6.49. The monoisotopic (exact) mass is 293 g/mol. The van der Waals surface area contributed by atoms with Crippen LogP contribution >= 0.6 is 11.6 Å². The van der Waals surface area contributed by atoms with Crippen molar-refractivity contribution in [2.45, 2.75) is 64.0 Å². The number of rotatable bonds is 6. The van der Waals surface area contributed by atoms with Gasteiger partial charge in [-0.2, -0.15) is 0 Å². The number of hydrogen-bond donors (Lipinski definition) is 1. The molecule has 20 heavy (non-hydrogen) atoms. The Balaban J connectivity index is 1.64. The van der Waals surface area contributed by atoms with E-state index in [0.29, 0.717) is 0 Å². The van der Waals surface area contributed by atoms with Gasteiger partial charge in [-0.05, 0) is 82.2 Å². The lowest BCUT2D eigenvalue weighted by Gasteiger charge is -2.42. The highest BCUT2D eigenvalue weighted by Gasteiger charge is 2.39. The predicted molar refractivity (Wildman–Crippen MR) is 83.8 cm³/mol. The minimum Gasteiger partial charge on any atom is -0.487 e. The number of aryl methyl sites for hydroxylation is 2. The van der Waals surface area contributed by atoms with Crippen LogP contribution in [0.1, 0.15) is 49.7 Å². The summed E-state index contributed by atoms with van der Waals surface area (Å²) in [4.78, 5) is 0. The van der Waals surface area contributed by atoms with Crippen molar-refractivity contribution in [3.8, 4) is 5.75 Å². The second kappa shape index (κ2) is 5.57. The average Bonchev–Trinajstić information content (AvgIpc) is 3.16. The number of hydrogen-bond acceptors (Lipinski definition) is 2. The van der Waals surface area contributed by atoms with Crippen molar-refractivity contribution in [3.63, 3.8) is 0 Å². The largest absolute Gasteiger partial charge is 0.487 e. The summed E-state index contributed by atoms with van der Waals surface area (Å²) in [7, 11) is 0. The van der Waals surface area contributed by atoms with Gasteiger partial charge < -0.3 is 10.1 Å². The summed E-state index contributed by atoms with van der Waals surface area (Å²) in [6, 6.07) is 4.93. The van der Waals surface area contributed by atoms with Gasteiger partial charge in [-0.15, -0.1) is 0 Å². The molecular formula is C17H24ClNO. The molecule has 0 aromatic heterocycles. The summed E-state index contributed by atoms with van der Waals surface area (Å²) < 4.78 is 6.36. The minimum atomic E-state index is 0.0641. The third-order valence-electron chi connectivity index (χ3n) is 4.60. The van der Waals surface area contributed by atoms with Gasteiger partial charge in [-0.1, -0.05) is 11.6 Å². The summed E-state index contributed by atoms with van der Waals surface area (Å²) >= 11 is 6.23. The molecule has 2 aliphatic rings. The fraction of sp³-hybridized carbons (Fsp3) is 0.647. The Morgan fingerprint density at radius 1 is 1.25 bits per heavy atom. The molecule has 0 aliphatic heterocycles. The maximum atomic E-state index is 6.36. The van der Waals surface area contributed by atoms with Crippen LogP contribution in [0, 0.1) is 13.8 Å². The molecule has 0 atom stereocenters. The predicted octanol–water partition coefficient (Wildman–Crippen LogP) is 4.40. The first-order valence-corrected chi connectivity index (χ1v) is 8.15. The first-order chi connectivity index (χ1) is 9.58. The molecule has 2 saturated carbocycles. The van der Waals surface area contributed by atoms with E-state index in [2.05, 4.69) is 17.4 Å². The van der Waals surface area contributed by atoms with E-state index in [1.807, 2.05) is 13.8 Å². The van der Waals surface area contributed by atoms with Crippen LogP contribution in [0.4, 0.5) is 0 Å². The first kappa shape index (κ1) is 14.2. The summed E-state index contributed by atoms with van der Waals surface area (Å²) in [6.45, 7) is 5.17. The molecule has 2 aliphatic carbocycles. The van der Waals surface area contributed by atoms with Crippen molar-refractivity contribution in [2.75, 3.05) is 6.54 Å². The van der Waals surface area contributed by atoms with Crippen LogP contribution in [0.25, 0.3) is 0 Å². The van der Waals surface area contributed by atoms with E-state index in [1.165, 1.54) is 32.1 Å². The molecule has 110 valence electrons. The molecule has 0 bridgehead atoms. The maximum Gasteiger partial charge on any atom is 0.120 e. The topological polar surface area (TPSA) is 21.3 Å². The second-order valence-corrected chi connectivity index (χ2v) is 6.87. The number of ether oxygens (including phenoxy) is 1. The van der Waals surface area contributed by atoms with Gasteiger partial charge in [0.1, 0.15) is 11.4 Å². The highest BCUT2D eigenvalue weighted by atomic mass is 35.5. The van der Waals surface area contributed by atoms with Gasteiger partial charge in [0, 0.05) is 11.1 Å². The summed E-state index contributed by atoms with van der Waals surface area (Å²) in [5, 5.41) is 4.45. The van der Waals surface area contributed by atoms with Crippen molar-refractivity contribution < 1.29 is 4.74 Å². The molecule has 1 aromatic rings. The third kappa shape index (κ3) is 3.12. The van der Waals surface area contributed by atoms with E-state index in [4.69, 9.17) is 16.3 Å². The number of halogens is 1. The van der Waals surface area contributed by atoms with Gasteiger partial charge >= 0.3 is 0 Å². The van der Waals surface area contributed by atoms with Crippen molar-refractivity contribution in [3.05, 3.63) is 28.3 Å². The van der Waals surface area contributed by atoms with Gasteiger partial charge in [-0.3, -0.25) is 0 Å². The Morgan fingerprint density at radius 2 is 1.90 bits per heavy atom.